The maximum Gasteiger partial charge on any atom is 0.268 e. The Bertz CT molecular complexity index is 2900. The van der Waals surface area contributed by atoms with Crippen molar-refractivity contribution in [3.63, 3.8) is 0 Å². The number of para-hydroxylation sites is 4. The van der Waals surface area contributed by atoms with Gasteiger partial charge in [-0.15, -0.1) is 0 Å². The Morgan fingerprint density at radius 1 is 0.597 bits per heavy atom. The summed E-state index contributed by atoms with van der Waals surface area (Å²) in [5, 5.41) is 0. The summed E-state index contributed by atoms with van der Waals surface area (Å²) in [5.74, 6) is 1.59. The molecule has 0 N–H and O–H groups in total. The molecule has 5 nitrogen and oxygen atoms in total. The van der Waals surface area contributed by atoms with E-state index in [-0.39, 0.29) is 31.9 Å². The van der Waals surface area contributed by atoms with E-state index < -0.39 is 0 Å². The Balaban J connectivity index is 0.00000529. The second-order valence-electron chi connectivity index (χ2n) is 17.8. The van der Waals surface area contributed by atoms with E-state index in [9.17, 15) is 0 Å². The van der Waals surface area contributed by atoms with Crippen molar-refractivity contribution in [1.82, 2.24) is 19.1 Å². The molecule has 0 bridgehead atoms. The molecule has 0 aliphatic heterocycles. The third-order valence-corrected chi connectivity index (χ3v) is 13.0. The molecule has 0 saturated carbocycles. The molecule has 6 heteroatoms. The Hall–Kier alpha value is -6.03. The van der Waals surface area contributed by atoms with Gasteiger partial charge in [-0.1, -0.05) is 195 Å². The van der Waals surface area contributed by atoms with Crippen LogP contribution in [0.2, 0.25) is 0 Å². The van der Waals surface area contributed by atoms with Gasteiger partial charge in [-0.3, -0.25) is 4.57 Å². The van der Waals surface area contributed by atoms with Gasteiger partial charge in [0.1, 0.15) is 5.82 Å². The van der Waals surface area contributed by atoms with Gasteiger partial charge in [0, 0.05) is 33.5 Å². The van der Waals surface area contributed by atoms with Gasteiger partial charge in [0.25, 0.3) is 6.33 Å². The zero-order valence-corrected chi connectivity index (χ0v) is 39.1. The van der Waals surface area contributed by atoms with E-state index in [1.54, 1.807) is 0 Å². The van der Waals surface area contributed by atoms with Gasteiger partial charge < -0.3 is 14.1 Å². The number of nitrogens with zero attached hydrogens (tertiary/aromatic N) is 5. The topological polar surface area (TPSA) is 40.7 Å². The van der Waals surface area contributed by atoms with Crippen LogP contribution in [0.1, 0.15) is 89.6 Å². The molecule has 9 aromatic rings. The number of fused-ring (bicyclic) bond motifs is 1. The molecular weight excluding hydrogens is 938 g/mol. The van der Waals surface area contributed by atoms with Crippen molar-refractivity contribution in [3.8, 4) is 50.8 Å². The van der Waals surface area contributed by atoms with E-state index in [2.05, 4.69) is 239 Å². The van der Waals surface area contributed by atoms with E-state index in [1.807, 2.05) is 6.20 Å². The van der Waals surface area contributed by atoms with Crippen LogP contribution in [0.4, 0.5) is 0 Å². The Kier molecular flexibility index (Phi) is 11.7. The third kappa shape index (κ3) is 7.41. The van der Waals surface area contributed by atoms with Gasteiger partial charge in [0.05, 0.1) is 22.4 Å². The fraction of sp³-hybridized carbons (Fsp3) is 0.214. The third-order valence-electron chi connectivity index (χ3n) is 13.0. The molecule has 6 aromatic carbocycles. The van der Waals surface area contributed by atoms with E-state index in [0.29, 0.717) is 11.8 Å². The molecule has 0 aliphatic rings. The molecule has 62 heavy (non-hydrogen) atoms. The van der Waals surface area contributed by atoms with Crippen molar-refractivity contribution >= 4 is 11.0 Å². The molecule has 0 unspecified atom stereocenters. The van der Waals surface area contributed by atoms with Gasteiger partial charge in [-0.05, 0) is 61.7 Å². The molecule has 9 rings (SSSR count). The maximum atomic E-state index is 5.36. The predicted molar refractivity (Wildman–Crippen MR) is 250 cm³/mol. The first-order valence-corrected chi connectivity index (χ1v) is 21.5. The van der Waals surface area contributed by atoms with Gasteiger partial charge in [0.15, 0.2) is 0 Å². The number of benzene rings is 6. The predicted octanol–water partition coefficient (Wildman–Crippen LogP) is 13.2. The van der Waals surface area contributed by atoms with Gasteiger partial charge in [-0.2, -0.15) is 35.5 Å². The zero-order chi connectivity index (χ0) is 42.5. The Morgan fingerprint density at radius 2 is 1.18 bits per heavy atom. The summed E-state index contributed by atoms with van der Waals surface area (Å²) in [6, 6.07) is 57.8. The molecule has 314 valence electrons. The first kappa shape index (κ1) is 42.7. The molecule has 0 amide bonds. The summed E-state index contributed by atoms with van der Waals surface area (Å²) in [6.45, 7) is 18.3. The summed E-state index contributed by atoms with van der Waals surface area (Å²) < 4.78 is 6.65. The number of hydrogen-bond donors (Lipinski definition) is 0. The van der Waals surface area contributed by atoms with Crippen molar-refractivity contribution in [1.29, 1.82) is 0 Å². The number of hydrogen-bond acceptors (Lipinski definition) is 1. The molecule has 0 radical (unpaired) electrons. The van der Waals surface area contributed by atoms with Crippen LogP contribution >= 0.6 is 0 Å². The average molecular weight is 991 g/mol. The standard InChI is InChI=1S/C56H53N5.Pt/c1-38(2)44-26-18-27-45(39(3)4)52(44)59-35-34-57-54(59)48-32-33-51(58-48)56(7,8)55(5,6)42-24-17-25-43(36-42)60-37-61(50-31-16-15-30-49(50)60)53-46(40-20-11-9-12-21-40)28-19-29-47(53)41-22-13-10-14-23-41;/h9-35,38-39H,1-8H3;/q-2;. The number of imidazole rings is 2. The maximum absolute atomic E-state index is 5.36. The van der Waals surface area contributed by atoms with Crippen molar-refractivity contribution in [3.05, 3.63) is 199 Å². The molecule has 0 fully saturated rings. The van der Waals surface area contributed by atoms with Crippen LogP contribution in [0.3, 0.4) is 0 Å². The van der Waals surface area contributed by atoms with Crippen molar-refractivity contribution < 1.29 is 25.6 Å². The quantitative estimate of drug-likeness (QED) is 0.0957. The van der Waals surface area contributed by atoms with Crippen LogP contribution in [-0.2, 0) is 31.9 Å². The first-order valence-electron chi connectivity index (χ1n) is 21.5. The van der Waals surface area contributed by atoms with Crippen LogP contribution in [0, 0.1) is 12.4 Å². The smallest absolute Gasteiger partial charge is 0.268 e. The van der Waals surface area contributed by atoms with Gasteiger partial charge >= 0.3 is 0 Å². The van der Waals surface area contributed by atoms with Crippen molar-refractivity contribution in [2.75, 3.05) is 0 Å². The van der Waals surface area contributed by atoms with Crippen LogP contribution in [-0.4, -0.2) is 14.1 Å². The van der Waals surface area contributed by atoms with Crippen LogP contribution in [0.15, 0.2) is 164 Å². The second kappa shape index (κ2) is 17.0. The summed E-state index contributed by atoms with van der Waals surface area (Å²) in [5.41, 5.74) is 14.8. The molecule has 3 heterocycles. The van der Waals surface area contributed by atoms with E-state index in [4.69, 9.17) is 9.97 Å². The minimum absolute atomic E-state index is 0. The van der Waals surface area contributed by atoms with Crippen molar-refractivity contribution in [2.24, 2.45) is 0 Å². The van der Waals surface area contributed by atoms with Gasteiger partial charge in [0.2, 0.25) is 0 Å². The number of aromatic nitrogens is 5. The minimum Gasteiger partial charge on any atom is -0.658 e. The Morgan fingerprint density at radius 3 is 1.81 bits per heavy atom. The van der Waals surface area contributed by atoms with Gasteiger partial charge in [-0.25, -0.2) is 4.98 Å². The van der Waals surface area contributed by atoms with Crippen LogP contribution in [0.5, 0.6) is 0 Å². The minimum atomic E-state index is -0.377. The summed E-state index contributed by atoms with van der Waals surface area (Å²) in [7, 11) is 0. The number of rotatable bonds is 11. The molecule has 0 spiro atoms. The molecule has 0 saturated heterocycles. The first-order chi connectivity index (χ1) is 29.5. The second-order valence-corrected chi connectivity index (χ2v) is 17.8. The van der Waals surface area contributed by atoms with E-state index in [0.717, 1.165) is 67.4 Å². The summed E-state index contributed by atoms with van der Waals surface area (Å²) >= 11 is 0. The zero-order valence-electron chi connectivity index (χ0n) is 36.8. The monoisotopic (exact) mass is 990 g/mol. The Labute approximate surface area is 381 Å². The summed E-state index contributed by atoms with van der Waals surface area (Å²) in [6.07, 6.45) is 7.81. The molecular formula is C56H53N5Pt-2. The fourth-order valence-corrected chi connectivity index (χ4v) is 8.80. The van der Waals surface area contributed by atoms with Crippen LogP contribution < -0.4 is 9.55 Å². The molecule has 0 atom stereocenters. The van der Waals surface area contributed by atoms with Crippen molar-refractivity contribution in [2.45, 2.75) is 78.1 Å². The molecule has 0 aliphatic carbocycles. The molecule has 3 aromatic heterocycles. The van der Waals surface area contributed by atoms with E-state index in [1.165, 1.54) is 16.8 Å². The average Bonchev–Trinajstić information content (AvgIpc) is 4.06. The SMILES string of the molecule is CC(C)c1cccc(C(C)C)c1-n1ccnc1-c1ccc(C(C)(C)C(C)(C)c2[c-]c(-[n+]3[c-]n(-c4c(-c5ccccc5)cccc4-c4ccccc4)c4ccccc43)ccc2)[n-]1.[Pt]. The summed E-state index contributed by atoms with van der Waals surface area (Å²) in [4.78, 5) is 10.3. The normalized spacial score (nSPS) is 12.0. The van der Waals surface area contributed by atoms with E-state index >= 15 is 0 Å². The largest absolute Gasteiger partial charge is 0.658 e. The fourth-order valence-electron chi connectivity index (χ4n) is 8.80. The van der Waals surface area contributed by atoms with Crippen LogP contribution in [0.25, 0.3) is 61.9 Å².